The van der Waals surface area contributed by atoms with E-state index in [4.69, 9.17) is 4.74 Å². The molecule has 0 aliphatic rings. The number of halogens is 2. The van der Waals surface area contributed by atoms with Gasteiger partial charge in [0.1, 0.15) is 11.4 Å². The van der Waals surface area contributed by atoms with Crippen LogP contribution in [0, 0.1) is 12.9 Å². The third-order valence-corrected chi connectivity index (χ3v) is 3.13. The average molecular weight is 339 g/mol. The second-order valence-corrected chi connectivity index (χ2v) is 5.02. The first-order valence-corrected chi connectivity index (χ1v) is 6.58. The first-order chi connectivity index (χ1) is 9.51. The van der Waals surface area contributed by atoms with Gasteiger partial charge in [-0.2, -0.15) is 4.39 Å². The van der Waals surface area contributed by atoms with Crippen LogP contribution in [0.2, 0.25) is 0 Å². The predicted octanol–water partition coefficient (Wildman–Crippen LogP) is 3.55. The summed E-state index contributed by atoms with van der Waals surface area (Å²) in [5, 5.41) is 2.69. The molecule has 1 aromatic carbocycles. The minimum absolute atomic E-state index is 0.00868. The molecule has 20 heavy (non-hydrogen) atoms. The number of carbonyl (C=O) groups is 1. The van der Waals surface area contributed by atoms with Gasteiger partial charge >= 0.3 is 0 Å². The van der Waals surface area contributed by atoms with Gasteiger partial charge in [-0.3, -0.25) is 4.79 Å². The van der Waals surface area contributed by atoms with Crippen LogP contribution in [0.15, 0.2) is 34.8 Å². The Balaban J connectivity index is 2.32. The van der Waals surface area contributed by atoms with Gasteiger partial charge in [0.05, 0.1) is 12.8 Å². The Labute approximate surface area is 124 Å². The molecule has 2 rings (SSSR count). The van der Waals surface area contributed by atoms with Crippen LogP contribution in [0.5, 0.6) is 5.75 Å². The molecule has 0 fully saturated rings. The van der Waals surface area contributed by atoms with Gasteiger partial charge in [-0.1, -0.05) is 22.0 Å². The van der Waals surface area contributed by atoms with E-state index < -0.39 is 11.9 Å². The minimum atomic E-state index is -0.697. The fourth-order valence-corrected chi connectivity index (χ4v) is 2.30. The summed E-state index contributed by atoms with van der Waals surface area (Å²) in [4.78, 5) is 15.6. The van der Waals surface area contributed by atoms with Gasteiger partial charge in [0.2, 0.25) is 5.95 Å². The van der Waals surface area contributed by atoms with E-state index in [1.165, 1.54) is 25.3 Å². The normalized spacial score (nSPS) is 10.2. The smallest absolute Gasteiger partial charge is 0.274 e. The van der Waals surface area contributed by atoms with Crippen molar-refractivity contribution in [3.8, 4) is 5.75 Å². The summed E-state index contributed by atoms with van der Waals surface area (Å²) in [6.45, 7) is 1.84. The van der Waals surface area contributed by atoms with Gasteiger partial charge in [-0.25, -0.2) is 4.98 Å². The number of benzene rings is 1. The lowest BCUT2D eigenvalue weighted by atomic mass is 10.1. The monoisotopic (exact) mass is 338 g/mol. The number of hydrogen-bond acceptors (Lipinski definition) is 3. The van der Waals surface area contributed by atoms with E-state index in [0.717, 1.165) is 10.0 Å². The van der Waals surface area contributed by atoms with Crippen molar-refractivity contribution in [3.05, 3.63) is 52.0 Å². The third kappa shape index (κ3) is 3.14. The average Bonchev–Trinajstić information content (AvgIpc) is 2.41. The number of nitrogens with one attached hydrogen (secondary N) is 1. The number of rotatable bonds is 3. The molecule has 1 amide bonds. The third-order valence-electron chi connectivity index (χ3n) is 2.67. The van der Waals surface area contributed by atoms with E-state index in [0.29, 0.717) is 11.4 Å². The Hall–Kier alpha value is -1.95. The molecule has 0 saturated heterocycles. The molecule has 0 bridgehead atoms. The summed E-state index contributed by atoms with van der Waals surface area (Å²) in [6, 6.07) is 7.64. The van der Waals surface area contributed by atoms with E-state index in [-0.39, 0.29) is 5.69 Å². The lowest BCUT2D eigenvalue weighted by Crippen LogP contribution is -2.15. The fraction of sp³-hybridized carbons (Fsp3) is 0.143. The molecule has 1 aromatic heterocycles. The van der Waals surface area contributed by atoms with E-state index >= 15 is 0 Å². The number of ether oxygens (including phenoxy) is 1. The van der Waals surface area contributed by atoms with Crippen LogP contribution >= 0.6 is 15.9 Å². The van der Waals surface area contributed by atoms with Crippen LogP contribution in [-0.4, -0.2) is 18.0 Å². The zero-order valence-electron chi connectivity index (χ0n) is 10.9. The number of methoxy groups -OCH3 is 1. The van der Waals surface area contributed by atoms with Gasteiger partial charge in [0.15, 0.2) is 0 Å². The quantitative estimate of drug-likeness (QED) is 0.870. The molecule has 0 aliphatic heterocycles. The van der Waals surface area contributed by atoms with Crippen LogP contribution in [0.4, 0.5) is 10.1 Å². The highest BCUT2D eigenvalue weighted by molar-refractivity contribution is 9.10. The molecule has 0 spiro atoms. The Morgan fingerprint density at radius 1 is 1.40 bits per heavy atom. The van der Waals surface area contributed by atoms with Crippen molar-refractivity contribution in [2.45, 2.75) is 6.92 Å². The topological polar surface area (TPSA) is 51.2 Å². The Kier molecular flexibility index (Phi) is 4.34. The van der Waals surface area contributed by atoms with Gasteiger partial charge < -0.3 is 10.1 Å². The predicted molar refractivity (Wildman–Crippen MR) is 77.6 cm³/mol. The SMILES string of the molecule is COc1cc(Br)cc(C)c1NC(=O)c1cccc(F)n1. The van der Waals surface area contributed by atoms with Crippen molar-refractivity contribution < 1.29 is 13.9 Å². The highest BCUT2D eigenvalue weighted by Crippen LogP contribution is 2.32. The fourth-order valence-electron chi connectivity index (χ4n) is 1.75. The molecule has 104 valence electrons. The Morgan fingerprint density at radius 2 is 2.15 bits per heavy atom. The van der Waals surface area contributed by atoms with Gasteiger partial charge in [-0.05, 0) is 36.8 Å². The number of aryl methyl sites for hydroxylation is 1. The molecule has 0 aliphatic carbocycles. The highest BCUT2D eigenvalue weighted by atomic mass is 79.9. The molecule has 0 saturated carbocycles. The minimum Gasteiger partial charge on any atom is -0.495 e. The molecule has 0 unspecified atom stereocenters. The first kappa shape index (κ1) is 14.5. The Bertz CT molecular complexity index is 662. The van der Waals surface area contributed by atoms with Crippen LogP contribution in [0.25, 0.3) is 0 Å². The maximum atomic E-state index is 13.0. The van der Waals surface area contributed by atoms with Crippen molar-refractivity contribution >= 4 is 27.5 Å². The second-order valence-electron chi connectivity index (χ2n) is 4.10. The number of hydrogen-bond donors (Lipinski definition) is 1. The van der Waals surface area contributed by atoms with E-state index in [1.54, 1.807) is 6.07 Å². The number of anilines is 1. The zero-order valence-corrected chi connectivity index (χ0v) is 12.5. The molecule has 6 heteroatoms. The van der Waals surface area contributed by atoms with Gasteiger partial charge in [-0.15, -0.1) is 0 Å². The molecule has 4 nitrogen and oxygen atoms in total. The number of aromatic nitrogens is 1. The van der Waals surface area contributed by atoms with Crippen LogP contribution in [0.3, 0.4) is 0 Å². The molecular formula is C14H12BrFN2O2. The van der Waals surface area contributed by atoms with Crippen molar-refractivity contribution in [2.24, 2.45) is 0 Å². The number of nitrogens with zero attached hydrogens (tertiary/aromatic N) is 1. The van der Waals surface area contributed by atoms with Crippen LogP contribution in [-0.2, 0) is 0 Å². The second kappa shape index (κ2) is 6.00. The molecule has 2 aromatic rings. The standard InChI is InChI=1S/C14H12BrFN2O2/c1-8-6-9(15)7-11(20-2)13(8)18-14(19)10-4-3-5-12(16)17-10/h3-7H,1-2H3,(H,18,19). The molecule has 0 radical (unpaired) electrons. The van der Waals surface area contributed by atoms with Crippen molar-refractivity contribution in [2.75, 3.05) is 12.4 Å². The van der Waals surface area contributed by atoms with Gasteiger partial charge in [0, 0.05) is 4.47 Å². The first-order valence-electron chi connectivity index (χ1n) is 5.79. The van der Waals surface area contributed by atoms with Crippen LogP contribution < -0.4 is 10.1 Å². The lowest BCUT2D eigenvalue weighted by molar-refractivity contribution is 0.102. The maximum absolute atomic E-state index is 13.0. The van der Waals surface area contributed by atoms with Gasteiger partial charge in [0.25, 0.3) is 5.91 Å². The van der Waals surface area contributed by atoms with E-state index in [1.807, 2.05) is 13.0 Å². The van der Waals surface area contributed by atoms with Crippen molar-refractivity contribution in [1.82, 2.24) is 4.98 Å². The summed E-state index contributed by atoms with van der Waals surface area (Å²) in [5.41, 5.74) is 1.36. The molecule has 1 N–H and O–H groups in total. The van der Waals surface area contributed by atoms with E-state index in [2.05, 4.69) is 26.2 Å². The summed E-state index contributed by atoms with van der Waals surface area (Å²) in [7, 11) is 1.51. The van der Waals surface area contributed by atoms with E-state index in [9.17, 15) is 9.18 Å². The molecule has 0 atom stereocenters. The maximum Gasteiger partial charge on any atom is 0.274 e. The number of carbonyl (C=O) groups excluding carboxylic acids is 1. The lowest BCUT2D eigenvalue weighted by Gasteiger charge is -2.13. The zero-order chi connectivity index (χ0) is 14.7. The highest BCUT2D eigenvalue weighted by Gasteiger charge is 2.14. The summed E-state index contributed by atoms with van der Waals surface area (Å²) in [5.74, 6) is -0.674. The largest absolute Gasteiger partial charge is 0.495 e. The summed E-state index contributed by atoms with van der Waals surface area (Å²) >= 11 is 3.35. The summed E-state index contributed by atoms with van der Waals surface area (Å²) < 4.78 is 19.1. The number of amides is 1. The van der Waals surface area contributed by atoms with Crippen molar-refractivity contribution in [1.29, 1.82) is 0 Å². The number of pyridine rings is 1. The van der Waals surface area contributed by atoms with Crippen LogP contribution in [0.1, 0.15) is 16.1 Å². The Morgan fingerprint density at radius 3 is 2.80 bits per heavy atom. The molecule has 1 heterocycles. The molecular weight excluding hydrogens is 327 g/mol. The van der Waals surface area contributed by atoms with Crippen molar-refractivity contribution in [3.63, 3.8) is 0 Å². The summed E-state index contributed by atoms with van der Waals surface area (Å²) in [6.07, 6.45) is 0.